The number of aldehydes is 1. The Morgan fingerprint density at radius 2 is 2.47 bits per heavy atom. The van der Waals surface area contributed by atoms with E-state index in [4.69, 9.17) is 4.74 Å². The molecule has 0 saturated carbocycles. The minimum Gasteiger partial charge on any atom is -0.383 e. The number of ether oxygens (including phenoxy) is 1. The molecule has 0 radical (unpaired) electrons. The Kier molecular flexibility index (Phi) is 5.07. The van der Waals surface area contributed by atoms with Crippen LogP contribution in [-0.2, 0) is 4.74 Å². The fourth-order valence-corrected chi connectivity index (χ4v) is 1.97. The number of nitrogens with zero attached hydrogens (tertiary/aromatic N) is 1. The molecule has 0 aliphatic heterocycles. The van der Waals surface area contributed by atoms with E-state index in [1.165, 1.54) is 11.3 Å². The first-order valence-corrected chi connectivity index (χ1v) is 5.58. The molecule has 0 spiro atoms. The Labute approximate surface area is 94.0 Å². The van der Waals surface area contributed by atoms with Crippen LogP contribution in [0.5, 0.6) is 0 Å². The van der Waals surface area contributed by atoms with E-state index in [1.807, 2.05) is 17.5 Å². The van der Waals surface area contributed by atoms with Gasteiger partial charge in [0.15, 0.2) is 6.29 Å². The van der Waals surface area contributed by atoms with Crippen molar-refractivity contribution in [2.75, 3.05) is 31.7 Å². The van der Waals surface area contributed by atoms with Crippen molar-refractivity contribution in [1.29, 1.82) is 0 Å². The average molecular weight is 225 g/mol. The van der Waals surface area contributed by atoms with Gasteiger partial charge in [-0.25, -0.2) is 0 Å². The normalized spacial score (nSPS) is 9.93. The molecule has 0 aliphatic carbocycles. The van der Waals surface area contributed by atoms with Gasteiger partial charge in [-0.15, -0.1) is 17.9 Å². The molecular formula is C11H15NO2S. The van der Waals surface area contributed by atoms with Crippen LogP contribution in [0.1, 0.15) is 9.67 Å². The zero-order valence-electron chi connectivity index (χ0n) is 8.81. The van der Waals surface area contributed by atoms with Gasteiger partial charge < -0.3 is 9.64 Å². The Morgan fingerprint density at radius 1 is 1.67 bits per heavy atom. The summed E-state index contributed by atoms with van der Waals surface area (Å²) in [4.78, 5) is 13.4. The van der Waals surface area contributed by atoms with E-state index in [2.05, 4.69) is 11.5 Å². The van der Waals surface area contributed by atoms with Crippen LogP contribution in [0.4, 0.5) is 5.69 Å². The van der Waals surface area contributed by atoms with Crippen LogP contribution in [0.2, 0.25) is 0 Å². The molecule has 1 aromatic rings. The Hall–Kier alpha value is -1.13. The van der Waals surface area contributed by atoms with Crippen molar-refractivity contribution in [3.05, 3.63) is 29.0 Å². The van der Waals surface area contributed by atoms with Crippen LogP contribution >= 0.6 is 11.3 Å². The quantitative estimate of drug-likeness (QED) is 0.526. The van der Waals surface area contributed by atoms with Crippen molar-refractivity contribution < 1.29 is 9.53 Å². The number of thiophene rings is 1. The monoisotopic (exact) mass is 225 g/mol. The molecule has 0 atom stereocenters. The molecule has 0 unspecified atom stereocenters. The number of methoxy groups -OCH3 is 1. The molecule has 15 heavy (non-hydrogen) atoms. The molecule has 1 rings (SSSR count). The molecule has 1 aromatic heterocycles. The second kappa shape index (κ2) is 6.37. The summed E-state index contributed by atoms with van der Waals surface area (Å²) in [6.07, 6.45) is 2.71. The summed E-state index contributed by atoms with van der Waals surface area (Å²) >= 11 is 1.45. The highest BCUT2D eigenvalue weighted by Gasteiger charge is 2.06. The third-order valence-electron chi connectivity index (χ3n) is 2.00. The Morgan fingerprint density at radius 3 is 3.00 bits per heavy atom. The summed E-state index contributed by atoms with van der Waals surface area (Å²) in [5, 5.41) is 1.98. The number of hydrogen-bond donors (Lipinski definition) is 0. The first kappa shape index (κ1) is 11.9. The van der Waals surface area contributed by atoms with Crippen LogP contribution in [-0.4, -0.2) is 33.1 Å². The molecule has 0 saturated heterocycles. The lowest BCUT2D eigenvalue weighted by atomic mass is 10.3. The molecule has 3 nitrogen and oxygen atoms in total. The predicted molar refractivity (Wildman–Crippen MR) is 64.0 cm³/mol. The lowest BCUT2D eigenvalue weighted by Gasteiger charge is -2.21. The molecule has 0 N–H and O–H groups in total. The van der Waals surface area contributed by atoms with E-state index in [-0.39, 0.29) is 0 Å². The molecule has 0 aromatic carbocycles. The summed E-state index contributed by atoms with van der Waals surface area (Å²) in [5.41, 5.74) is 1.05. The van der Waals surface area contributed by atoms with Crippen LogP contribution in [0.25, 0.3) is 0 Å². The van der Waals surface area contributed by atoms with Crippen LogP contribution in [0.3, 0.4) is 0 Å². The summed E-state index contributed by atoms with van der Waals surface area (Å²) in [7, 11) is 1.68. The van der Waals surface area contributed by atoms with Gasteiger partial charge in [0, 0.05) is 31.3 Å². The second-order valence-corrected chi connectivity index (χ2v) is 4.00. The highest BCUT2D eigenvalue weighted by molar-refractivity contribution is 7.12. The molecule has 4 heteroatoms. The van der Waals surface area contributed by atoms with Gasteiger partial charge in [0.2, 0.25) is 0 Å². The maximum Gasteiger partial charge on any atom is 0.160 e. The van der Waals surface area contributed by atoms with Crippen molar-refractivity contribution in [2.24, 2.45) is 0 Å². The first-order chi connectivity index (χ1) is 7.31. The van der Waals surface area contributed by atoms with Gasteiger partial charge in [-0.3, -0.25) is 4.79 Å². The molecule has 82 valence electrons. The number of anilines is 1. The third-order valence-corrected chi connectivity index (χ3v) is 2.85. The largest absolute Gasteiger partial charge is 0.383 e. The lowest BCUT2D eigenvalue weighted by molar-refractivity contribution is 0.112. The summed E-state index contributed by atoms with van der Waals surface area (Å²) < 4.78 is 5.03. The molecule has 0 bridgehead atoms. The van der Waals surface area contributed by atoms with Gasteiger partial charge in [-0.1, -0.05) is 6.08 Å². The fourth-order valence-electron chi connectivity index (χ4n) is 1.25. The van der Waals surface area contributed by atoms with E-state index < -0.39 is 0 Å². The van der Waals surface area contributed by atoms with Gasteiger partial charge in [0.25, 0.3) is 0 Å². The summed E-state index contributed by atoms with van der Waals surface area (Å²) in [5.74, 6) is 0. The van der Waals surface area contributed by atoms with Crippen molar-refractivity contribution in [3.63, 3.8) is 0 Å². The lowest BCUT2D eigenvalue weighted by Crippen LogP contribution is -2.26. The van der Waals surface area contributed by atoms with Crippen LogP contribution < -0.4 is 4.90 Å². The summed E-state index contributed by atoms with van der Waals surface area (Å²) in [6, 6.07) is 1.89. The first-order valence-electron chi connectivity index (χ1n) is 4.70. The highest BCUT2D eigenvalue weighted by atomic mass is 32.1. The Bertz CT molecular complexity index is 322. The average Bonchev–Trinajstić information content (AvgIpc) is 2.72. The van der Waals surface area contributed by atoms with E-state index in [0.29, 0.717) is 6.61 Å². The molecular weight excluding hydrogens is 210 g/mol. The van der Waals surface area contributed by atoms with E-state index in [0.717, 1.165) is 29.9 Å². The zero-order valence-corrected chi connectivity index (χ0v) is 9.63. The van der Waals surface area contributed by atoms with Crippen molar-refractivity contribution in [1.82, 2.24) is 0 Å². The maximum atomic E-state index is 10.6. The van der Waals surface area contributed by atoms with Crippen LogP contribution in [0, 0.1) is 0 Å². The van der Waals surface area contributed by atoms with Crippen molar-refractivity contribution in [3.8, 4) is 0 Å². The second-order valence-electron chi connectivity index (χ2n) is 3.05. The SMILES string of the molecule is C=CCN(CCOC)c1csc(C=O)c1. The molecule has 0 fully saturated rings. The predicted octanol–water partition coefficient (Wildman–Crippen LogP) is 2.20. The van der Waals surface area contributed by atoms with Gasteiger partial charge in [-0.05, 0) is 6.07 Å². The van der Waals surface area contributed by atoms with Crippen molar-refractivity contribution >= 4 is 23.3 Å². The highest BCUT2D eigenvalue weighted by Crippen LogP contribution is 2.21. The standard InChI is InChI=1S/C11H15NO2S/c1-3-4-12(5-6-14-2)10-7-11(8-13)15-9-10/h3,7-9H,1,4-6H2,2H3. The minimum atomic E-state index is 0.667. The molecule has 0 aliphatic rings. The molecule has 0 amide bonds. The zero-order chi connectivity index (χ0) is 11.1. The fraction of sp³-hybridized carbons (Fsp3) is 0.364. The van der Waals surface area contributed by atoms with Gasteiger partial charge in [0.05, 0.1) is 11.5 Å². The van der Waals surface area contributed by atoms with E-state index >= 15 is 0 Å². The van der Waals surface area contributed by atoms with E-state index in [1.54, 1.807) is 7.11 Å². The number of rotatable bonds is 7. The van der Waals surface area contributed by atoms with Gasteiger partial charge in [-0.2, -0.15) is 0 Å². The van der Waals surface area contributed by atoms with Crippen LogP contribution in [0.15, 0.2) is 24.1 Å². The van der Waals surface area contributed by atoms with E-state index in [9.17, 15) is 4.79 Å². The van der Waals surface area contributed by atoms with Gasteiger partial charge >= 0.3 is 0 Å². The number of carbonyl (C=O) groups is 1. The maximum absolute atomic E-state index is 10.6. The topological polar surface area (TPSA) is 29.5 Å². The smallest absolute Gasteiger partial charge is 0.160 e. The number of carbonyl (C=O) groups excluding carboxylic acids is 1. The van der Waals surface area contributed by atoms with Gasteiger partial charge in [0.1, 0.15) is 0 Å². The Balaban J connectivity index is 2.68. The number of hydrogen-bond acceptors (Lipinski definition) is 4. The third kappa shape index (κ3) is 3.49. The van der Waals surface area contributed by atoms with Crippen molar-refractivity contribution in [2.45, 2.75) is 0 Å². The molecule has 1 heterocycles. The minimum absolute atomic E-state index is 0.667. The summed E-state index contributed by atoms with van der Waals surface area (Å²) in [6.45, 7) is 5.94.